The molecule has 2 nitrogen and oxygen atoms in total. The highest BCUT2D eigenvalue weighted by atomic mass is 19.1. The molecule has 17 heavy (non-hydrogen) atoms. The molecule has 0 radical (unpaired) electrons. The molecule has 0 aliphatic carbocycles. The van der Waals surface area contributed by atoms with E-state index in [1.165, 1.54) is 6.07 Å². The molecule has 1 N–H and O–H groups in total. The van der Waals surface area contributed by atoms with E-state index >= 15 is 0 Å². The van der Waals surface area contributed by atoms with E-state index in [4.69, 9.17) is 0 Å². The van der Waals surface area contributed by atoms with Crippen molar-refractivity contribution in [2.24, 2.45) is 5.92 Å². The van der Waals surface area contributed by atoms with Gasteiger partial charge in [-0.2, -0.15) is 0 Å². The van der Waals surface area contributed by atoms with E-state index < -0.39 is 0 Å². The molecule has 0 spiro atoms. The Morgan fingerprint density at radius 3 is 2.94 bits per heavy atom. The van der Waals surface area contributed by atoms with Gasteiger partial charge >= 0.3 is 0 Å². The van der Waals surface area contributed by atoms with Gasteiger partial charge in [0.15, 0.2) is 5.78 Å². The first-order valence-electron chi connectivity index (χ1n) is 5.92. The van der Waals surface area contributed by atoms with Crippen molar-refractivity contribution in [2.75, 3.05) is 0 Å². The fourth-order valence-corrected chi connectivity index (χ4v) is 1.93. The minimum absolute atomic E-state index is 0.00991. The molecule has 1 unspecified atom stereocenters. The molecule has 0 amide bonds. The highest BCUT2D eigenvalue weighted by molar-refractivity contribution is 6.08. The van der Waals surface area contributed by atoms with Crippen LogP contribution in [0.15, 0.2) is 24.4 Å². The zero-order valence-electron chi connectivity index (χ0n) is 10.1. The first-order chi connectivity index (χ1) is 8.13. The number of rotatable bonds is 4. The third-order valence-corrected chi connectivity index (χ3v) is 3.19. The summed E-state index contributed by atoms with van der Waals surface area (Å²) in [4.78, 5) is 15.0. The van der Waals surface area contributed by atoms with Crippen molar-refractivity contribution < 1.29 is 9.18 Å². The number of fused-ring (bicyclic) bond motifs is 1. The van der Waals surface area contributed by atoms with Crippen LogP contribution in [0.1, 0.15) is 37.0 Å². The average Bonchev–Trinajstić information content (AvgIpc) is 2.74. The van der Waals surface area contributed by atoms with Crippen LogP contribution < -0.4 is 0 Å². The molecule has 3 heteroatoms. The first kappa shape index (κ1) is 11.8. The maximum Gasteiger partial charge on any atom is 0.165 e. The third kappa shape index (κ3) is 2.23. The van der Waals surface area contributed by atoms with E-state index in [0.717, 1.165) is 6.42 Å². The number of halogens is 1. The maximum atomic E-state index is 13.7. The molecule has 0 fully saturated rings. The molecule has 1 aromatic carbocycles. The smallest absolute Gasteiger partial charge is 0.165 e. The van der Waals surface area contributed by atoms with E-state index in [9.17, 15) is 9.18 Å². The number of H-pyrrole nitrogens is 1. The summed E-state index contributed by atoms with van der Waals surface area (Å²) < 4.78 is 13.7. The van der Waals surface area contributed by atoms with Crippen LogP contribution >= 0.6 is 0 Å². The molecule has 2 aromatic rings. The summed E-state index contributed by atoms with van der Waals surface area (Å²) in [5, 5.41) is 0.417. The number of Topliss-reactive ketones (excluding diaryl/α,β-unsaturated/α-hetero) is 1. The lowest BCUT2D eigenvalue weighted by atomic mass is 9.97. The minimum atomic E-state index is -0.337. The van der Waals surface area contributed by atoms with Crippen LogP contribution in [0.25, 0.3) is 10.9 Å². The van der Waals surface area contributed by atoms with Crippen LogP contribution in [0.2, 0.25) is 0 Å². The maximum absolute atomic E-state index is 13.7. The number of aromatic amines is 1. The molecule has 0 saturated heterocycles. The van der Waals surface area contributed by atoms with Gasteiger partial charge < -0.3 is 4.98 Å². The standard InChI is InChI=1S/C14H16FNO/c1-3-9(2)7-13(17)10-8-16-12-6-4-5-11(15)14(10)12/h4-6,8-9,16H,3,7H2,1-2H3. The van der Waals surface area contributed by atoms with Gasteiger partial charge in [0.1, 0.15) is 5.82 Å². The largest absolute Gasteiger partial charge is 0.360 e. The minimum Gasteiger partial charge on any atom is -0.360 e. The van der Waals surface area contributed by atoms with Crippen molar-refractivity contribution in [2.45, 2.75) is 26.7 Å². The normalized spacial score (nSPS) is 12.9. The predicted molar refractivity (Wildman–Crippen MR) is 66.7 cm³/mol. The van der Waals surface area contributed by atoms with Gasteiger partial charge in [-0.05, 0) is 18.1 Å². The Bertz CT molecular complexity index is 544. The Morgan fingerprint density at radius 2 is 2.24 bits per heavy atom. The summed E-state index contributed by atoms with van der Waals surface area (Å²) in [6.45, 7) is 4.08. The molecule has 0 saturated carbocycles. The number of carbonyl (C=O) groups is 1. The highest BCUT2D eigenvalue weighted by Crippen LogP contribution is 2.24. The van der Waals surface area contributed by atoms with E-state index in [-0.39, 0.29) is 11.6 Å². The van der Waals surface area contributed by atoms with Crippen molar-refractivity contribution in [1.82, 2.24) is 4.98 Å². The second-order valence-electron chi connectivity index (χ2n) is 4.51. The molecule has 0 bridgehead atoms. The molecular weight excluding hydrogens is 217 g/mol. The number of aromatic nitrogens is 1. The first-order valence-corrected chi connectivity index (χ1v) is 5.92. The zero-order valence-corrected chi connectivity index (χ0v) is 10.1. The summed E-state index contributed by atoms with van der Waals surface area (Å²) in [5.41, 5.74) is 1.15. The van der Waals surface area contributed by atoms with Crippen molar-refractivity contribution in [1.29, 1.82) is 0 Å². The van der Waals surface area contributed by atoms with Gasteiger partial charge in [-0.1, -0.05) is 26.3 Å². The van der Waals surface area contributed by atoms with E-state index in [1.807, 2.05) is 13.8 Å². The average molecular weight is 233 g/mol. The summed E-state index contributed by atoms with van der Waals surface area (Å²) in [7, 11) is 0. The second kappa shape index (κ2) is 4.70. The quantitative estimate of drug-likeness (QED) is 0.797. The Morgan fingerprint density at radius 1 is 1.47 bits per heavy atom. The molecule has 90 valence electrons. The highest BCUT2D eigenvalue weighted by Gasteiger charge is 2.16. The molecule has 1 heterocycles. The Hall–Kier alpha value is -1.64. The SMILES string of the molecule is CCC(C)CC(=O)c1c[nH]c2cccc(F)c12. The number of hydrogen-bond donors (Lipinski definition) is 1. The third-order valence-electron chi connectivity index (χ3n) is 3.19. The second-order valence-corrected chi connectivity index (χ2v) is 4.51. The molecule has 1 aromatic heterocycles. The van der Waals surface area contributed by atoms with Gasteiger partial charge in [0.25, 0.3) is 0 Å². The molecule has 0 aliphatic heterocycles. The predicted octanol–water partition coefficient (Wildman–Crippen LogP) is 3.93. The van der Waals surface area contributed by atoms with Gasteiger partial charge in [-0.3, -0.25) is 4.79 Å². The zero-order chi connectivity index (χ0) is 12.4. The van der Waals surface area contributed by atoms with Crippen molar-refractivity contribution in [3.8, 4) is 0 Å². The topological polar surface area (TPSA) is 32.9 Å². The number of ketones is 1. The molecular formula is C14H16FNO. The van der Waals surface area contributed by atoms with Crippen LogP contribution in [0.4, 0.5) is 4.39 Å². The van der Waals surface area contributed by atoms with Crippen molar-refractivity contribution in [3.63, 3.8) is 0 Å². The van der Waals surface area contributed by atoms with Crippen LogP contribution in [0.3, 0.4) is 0 Å². The van der Waals surface area contributed by atoms with Crippen LogP contribution in [0, 0.1) is 11.7 Å². The monoisotopic (exact) mass is 233 g/mol. The fourth-order valence-electron chi connectivity index (χ4n) is 1.93. The Balaban J connectivity index is 2.39. The molecule has 2 rings (SSSR count). The number of benzene rings is 1. The summed E-state index contributed by atoms with van der Waals surface area (Å²) >= 11 is 0. The Kier molecular flexibility index (Phi) is 3.27. The fraction of sp³-hybridized carbons (Fsp3) is 0.357. The lowest BCUT2D eigenvalue weighted by Crippen LogP contribution is -2.05. The number of hydrogen-bond acceptors (Lipinski definition) is 1. The van der Waals surface area contributed by atoms with E-state index in [0.29, 0.717) is 28.8 Å². The Labute approximate surface area is 99.8 Å². The molecule has 1 atom stereocenters. The van der Waals surface area contributed by atoms with Gasteiger partial charge in [0, 0.05) is 29.1 Å². The van der Waals surface area contributed by atoms with Gasteiger partial charge in [-0.25, -0.2) is 4.39 Å². The number of carbonyl (C=O) groups excluding carboxylic acids is 1. The lowest BCUT2D eigenvalue weighted by Gasteiger charge is -2.06. The number of nitrogens with one attached hydrogen (secondary N) is 1. The molecule has 0 aliphatic rings. The lowest BCUT2D eigenvalue weighted by molar-refractivity contribution is 0.0965. The van der Waals surface area contributed by atoms with Gasteiger partial charge in [0.05, 0.1) is 0 Å². The van der Waals surface area contributed by atoms with E-state index in [2.05, 4.69) is 4.98 Å². The van der Waals surface area contributed by atoms with E-state index in [1.54, 1.807) is 18.3 Å². The van der Waals surface area contributed by atoms with Crippen LogP contribution in [-0.2, 0) is 0 Å². The van der Waals surface area contributed by atoms with Crippen LogP contribution in [-0.4, -0.2) is 10.8 Å². The van der Waals surface area contributed by atoms with Crippen LogP contribution in [0.5, 0.6) is 0 Å². The van der Waals surface area contributed by atoms with Gasteiger partial charge in [-0.15, -0.1) is 0 Å². The summed E-state index contributed by atoms with van der Waals surface area (Å²) in [5.74, 6) is 0.00572. The van der Waals surface area contributed by atoms with Gasteiger partial charge in [0.2, 0.25) is 0 Å². The van der Waals surface area contributed by atoms with Crippen molar-refractivity contribution in [3.05, 3.63) is 35.8 Å². The summed E-state index contributed by atoms with van der Waals surface area (Å²) in [6, 6.07) is 4.80. The van der Waals surface area contributed by atoms with Crippen molar-refractivity contribution >= 4 is 16.7 Å². The summed E-state index contributed by atoms with van der Waals surface area (Å²) in [6.07, 6.45) is 3.03.